The summed E-state index contributed by atoms with van der Waals surface area (Å²) in [6.45, 7) is 2.12. The molecular weight excluding hydrogens is 358 g/mol. The number of carboxylic acid groups (broad SMARTS) is 1. The molecule has 2 unspecified atom stereocenters. The molecule has 1 fully saturated rings. The summed E-state index contributed by atoms with van der Waals surface area (Å²) in [7, 11) is 0. The summed E-state index contributed by atoms with van der Waals surface area (Å²) in [5.41, 5.74) is 3.20. The van der Waals surface area contributed by atoms with E-state index in [1.807, 2.05) is 29.2 Å². The van der Waals surface area contributed by atoms with Crippen molar-refractivity contribution >= 4 is 11.9 Å². The van der Waals surface area contributed by atoms with Gasteiger partial charge in [-0.05, 0) is 53.6 Å². The number of aromatic carboxylic acids is 1. The lowest BCUT2D eigenvalue weighted by atomic mass is 9.94. The highest BCUT2D eigenvalue weighted by atomic mass is 16.6. The lowest BCUT2D eigenvalue weighted by Crippen LogP contribution is -2.38. The second-order valence-electron chi connectivity index (χ2n) is 7.61. The predicted octanol–water partition coefficient (Wildman–Crippen LogP) is 2.84. The number of carbonyl (C=O) groups excluding carboxylic acids is 1. The topological polar surface area (TPSA) is 76.1 Å². The molecule has 2 atom stereocenters. The number of benzene rings is 2. The van der Waals surface area contributed by atoms with Crippen molar-refractivity contribution in [1.29, 1.82) is 0 Å². The predicted molar refractivity (Wildman–Crippen MR) is 101 cm³/mol. The largest absolute Gasteiger partial charge is 0.486 e. The fraction of sp³-hybridized carbons (Fsp3) is 0.364. The van der Waals surface area contributed by atoms with Gasteiger partial charge in [-0.1, -0.05) is 18.2 Å². The van der Waals surface area contributed by atoms with Crippen molar-refractivity contribution in [3.63, 3.8) is 0 Å². The van der Waals surface area contributed by atoms with E-state index in [4.69, 9.17) is 9.47 Å². The van der Waals surface area contributed by atoms with E-state index in [2.05, 4.69) is 0 Å². The van der Waals surface area contributed by atoms with Gasteiger partial charge in [0.05, 0.1) is 5.56 Å². The molecule has 2 aromatic carbocycles. The number of fused-ring (bicyclic) bond motifs is 2. The van der Waals surface area contributed by atoms with Crippen LogP contribution in [0.5, 0.6) is 11.5 Å². The van der Waals surface area contributed by atoms with E-state index in [0.29, 0.717) is 38.3 Å². The second kappa shape index (κ2) is 6.55. The third kappa shape index (κ3) is 2.89. The maximum absolute atomic E-state index is 13.0. The molecule has 0 bridgehead atoms. The van der Waals surface area contributed by atoms with Crippen molar-refractivity contribution in [3.8, 4) is 11.5 Å². The Morgan fingerprint density at radius 3 is 2.71 bits per heavy atom. The van der Waals surface area contributed by atoms with Crippen LogP contribution in [0.4, 0.5) is 0 Å². The Hall–Kier alpha value is -3.02. The van der Waals surface area contributed by atoms with Gasteiger partial charge in [-0.2, -0.15) is 0 Å². The second-order valence-corrected chi connectivity index (χ2v) is 7.61. The van der Waals surface area contributed by atoms with Crippen LogP contribution in [0.25, 0.3) is 0 Å². The molecular formula is C22H21NO5. The number of rotatable bonds is 3. The van der Waals surface area contributed by atoms with Gasteiger partial charge in [0, 0.05) is 19.0 Å². The van der Waals surface area contributed by atoms with Crippen LogP contribution in [0.1, 0.15) is 39.4 Å². The molecule has 1 saturated carbocycles. The zero-order valence-electron chi connectivity index (χ0n) is 15.4. The van der Waals surface area contributed by atoms with Gasteiger partial charge >= 0.3 is 5.97 Å². The molecule has 6 nitrogen and oxygen atoms in total. The minimum Gasteiger partial charge on any atom is -0.486 e. The molecule has 0 spiro atoms. The summed E-state index contributed by atoms with van der Waals surface area (Å²) in [5.74, 6) is 0.838. The Morgan fingerprint density at radius 1 is 1.07 bits per heavy atom. The molecule has 5 rings (SSSR count). The van der Waals surface area contributed by atoms with Crippen molar-refractivity contribution in [3.05, 3.63) is 58.7 Å². The van der Waals surface area contributed by atoms with Gasteiger partial charge < -0.3 is 19.5 Å². The number of carbonyl (C=O) groups is 2. The average molecular weight is 379 g/mol. The van der Waals surface area contributed by atoms with Gasteiger partial charge in [-0.15, -0.1) is 0 Å². The van der Waals surface area contributed by atoms with Crippen LogP contribution < -0.4 is 9.47 Å². The van der Waals surface area contributed by atoms with Crippen molar-refractivity contribution in [2.45, 2.75) is 25.3 Å². The summed E-state index contributed by atoms with van der Waals surface area (Å²) in [6.07, 6.45) is 1.52. The minimum atomic E-state index is -0.938. The third-order valence-electron chi connectivity index (χ3n) is 5.92. The first-order chi connectivity index (χ1) is 13.6. The van der Waals surface area contributed by atoms with E-state index in [1.165, 1.54) is 0 Å². The summed E-state index contributed by atoms with van der Waals surface area (Å²) < 4.78 is 11.2. The van der Waals surface area contributed by atoms with Crippen molar-refractivity contribution in [2.75, 3.05) is 19.8 Å². The lowest BCUT2D eigenvalue weighted by Gasteiger charge is -2.30. The zero-order chi connectivity index (χ0) is 19.3. The molecule has 0 aromatic heterocycles. The number of hydrogen-bond donors (Lipinski definition) is 1. The SMILES string of the molecule is O=C(O)c1cccc2c1CN(C(=O)C1CC1c1ccc3c(c1)OCCO3)CC2. The molecule has 2 aliphatic heterocycles. The monoisotopic (exact) mass is 379 g/mol. The smallest absolute Gasteiger partial charge is 0.336 e. The Labute approximate surface area is 162 Å². The highest BCUT2D eigenvalue weighted by Gasteiger charge is 2.46. The fourth-order valence-corrected chi connectivity index (χ4v) is 4.33. The van der Waals surface area contributed by atoms with Crippen molar-refractivity contribution < 1.29 is 24.2 Å². The maximum atomic E-state index is 13.0. The van der Waals surface area contributed by atoms with Crippen LogP contribution in [-0.4, -0.2) is 41.6 Å². The molecule has 1 amide bonds. The summed E-state index contributed by atoms with van der Waals surface area (Å²) >= 11 is 0. The van der Waals surface area contributed by atoms with Gasteiger partial charge in [0.2, 0.25) is 5.91 Å². The van der Waals surface area contributed by atoms with Crippen molar-refractivity contribution in [2.24, 2.45) is 5.92 Å². The van der Waals surface area contributed by atoms with Gasteiger partial charge in [0.15, 0.2) is 11.5 Å². The first-order valence-electron chi connectivity index (χ1n) is 9.64. The van der Waals surface area contributed by atoms with Crippen LogP contribution in [0, 0.1) is 5.92 Å². The Balaban J connectivity index is 1.32. The normalized spacial score (nSPS) is 22.4. The average Bonchev–Trinajstić information content (AvgIpc) is 3.53. The van der Waals surface area contributed by atoms with E-state index in [0.717, 1.165) is 34.6 Å². The number of ether oxygens (including phenoxy) is 2. The van der Waals surface area contributed by atoms with E-state index >= 15 is 0 Å². The number of nitrogens with zero attached hydrogens (tertiary/aromatic N) is 1. The quantitative estimate of drug-likeness (QED) is 0.888. The lowest BCUT2D eigenvalue weighted by molar-refractivity contribution is -0.133. The summed E-state index contributed by atoms with van der Waals surface area (Å²) in [6, 6.07) is 11.3. The van der Waals surface area contributed by atoms with E-state index in [9.17, 15) is 14.7 Å². The molecule has 1 N–H and O–H groups in total. The van der Waals surface area contributed by atoms with E-state index in [1.54, 1.807) is 12.1 Å². The van der Waals surface area contributed by atoms with E-state index in [-0.39, 0.29) is 17.7 Å². The highest BCUT2D eigenvalue weighted by molar-refractivity contribution is 5.90. The Kier molecular flexibility index (Phi) is 4.00. The molecule has 0 radical (unpaired) electrons. The standard InChI is InChI=1S/C22H21NO5/c24-21(23-7-6-13-2-1-3-15(22(25)26)18(13)12-23)17-11-16(17)14-4-5-19-20(10-14)28-9-8-27-19/h1-5,10,16-17H,6-9,11-12H2,(H,25,26). The maximum Gasteiger partial charge on any atom is 0.336 e. The zero-order valence-corrected chi connectivity index (χ0v) is 15.4. The van der Waals surface area contributed by atoms with Crippen LogP contribution in [0.3, 0.4) is 0 Å². The van der Waals surface area contributed by atoms with Gasteiger partial charge in [-0.25, -0.2) is 4.79 Å². The summed E-state index contributed by atoms with van der Waals surface area (Å²) in [5, 5.41) is 9.45. The molecule has 1 aliphatic carbocycles. The molecule has 3 aliphatic rings. The third-order valence-corrected chi connectivity index (χ3v) is 5.92. The number of carboxylic acids is 1. The molecule has 2 heterocycles. The van der Waals surface area contributed by atoms with Crippen molar-refractivity contribution in [1.82, 2.24) is 4.90 Å². The van der Waals surface area contributed by atoms with Gasteiger partial charge in [-0.3, -0.25) is 4.79 Å². The molecule has 0 saturated heterocycles. The van der Waals surface area contributed by atoms with Crippen LogP contribution >= 0.6 is 0 Å². The van der Waals surface area contributed by atoms with Gasteiger partial charge in [0.25, 0.3) is 0 Å². The minimum absolute atomic E-state index is 0.0406. The first kappa shape index (κ1) is 17.1. The highest BCUT2D eigenvalue weighted by Crippen LogP contribution is 2.50. The first-order valence-corrected chi connectivity index (χ1v) is 9.64. The summed E-state index contributed by atoms with van der Waals surface area (Å²) in [4.78, 5) is 26.4. The molecule has 6 heteroatoms. The number of amides is 1. The molecule has 28 heavy (non-hydrogen) atoms. The molecule has 144 valence electrons. The van der Waals surface area contributed by atoms with Gasteiger partial charge in [0.1, 0.15) is 13.2 Å². The Morgan fingerprint density at radius 2 is 1.89 bits per heavy atom. The van der Waals surface area contributed by atoms with Crippen LogP contribution in [0.15, 0.2) is 36.4 Å². The van der Waals surface area contributed by atoms with Crippen LogP contribution in [-0.2, 0) is 17.8 Å². The number of hydrogen-bond acceptors (Lipinski definition) is 4. The molecule has 2 aromatic rings. The Bertz CT molecular complexity index is 969. The fourth-order valence-electron chi connectivity index (χ4n) is 4.33. The van der Waals surface area contributed by atoms with Crippen LogP contribution in [0.2, 0.25) is 0 Å². The van der Waals surface area contributed by atoms with E-state index < -0.39 is 5.97 Å².